The predicted molar refractivity (Wildman–Crippen MR) is 73.8 cm³/mol. The van der Waals surface area contributed by atoms with Crippen LogP contribution >= 0.6 is 22.9 Å². The lowest BCUT2D eigenvalue weighted by atomic mass is 9.85. The summed E-state index contributed by atoms with van der Waals surface area (Å²) in [5, 5.41) is 1.97. The molecule has 2 aromatic rings. The summed E-state index contributed by atoms with van der Waals surface area (Å²) in [4.78, 5) is 4.70. The van der Waals surface area contributed by atoms with E-state index in [0.29, 0.717) is 5.92 Å². The number of fused-ring (bicyclic) bond motifs is 1. The van der Waals surface area contributed by atoms with Gasteiger partial charge < -0.3 is 5.73 Å². The Bertz CT molecular complexity index is 537. The summed E-state index contributed by atoms with van der Waals surface area (Å²) >= 11 is 7.90. The van der Waals surface area contributed by atoms with E-state index in [0.717, 1.165) is 21.7 Å². The van der Waals surface area contributed by atoms with E-state index in [1.54, 1.807) is 11.3 Å². The van der Waals surface area contributed by atoms with Crippen LogP contribution in [0.2, 0.25) is 5.02 Å². The molecule has 2 nitrogen and oxygen atoms in total. The van der Waals surface area contributed by atoms with E-state index in [1.165, 1.54) is 24.3 Å². The van der Waals surface area contributed by atoms with Crippen LogP contribution < -0.4 is 5.73 Å². The molecule has 0 bridgehead atoms. The SMILES string of the molecule is NC1CCCCC1c1nc2cccc(Cl)c2s1. The van der Waals surface area contributed by atoms with Gasteiger partial charge in [-0.25, -0.2) is 4.98 Å². The van der Waals surface area contributed by atoms with Crippen LogP contribution in [0.25, 0.3) is 10.2 Å². The summed E-state index contributed by atoms with van der Waals surface area (Å²) in [6.45, 7) is 0. The fraction of sp³-hybridized carbons (Fsp3) is 0.462. The van der Waals surface area contributed by atoms with Gasteiger partial charge in [0.15, 0.2) is 0 Å². The monoisotopic (exact) mass is 266 g/mol. The molecule has 90 valence electrons. The van der Waals surface area contributed by atoms with Crippen LogP contribution in [0.5, 0.6) is 0 Å². The maximum Gasteiger partial charge on any atom is 0.0985 e. The van der Waals surface area contributed by atoms with Gasteiger partial charge in [-0.1, -0.05) is 30.5 Å². The second-order valence-corrected chi connectivity index (χ2v) is 6.13. The molecule has 1 aliphatic carbocycles. The molecule has 1 aliphatic rings. The summed E-state index contributed by atoms with van der Waals surface area (Å²) in [7, 11) is 0. The molecule has 3 rings (SSSR count). The molecule has 0 radical (unpaired) electrons. The van der Waals surface area contributed by atoms with Crippen molar-refractivity contribution in [3.63, 3.8) is 0 Å². The molecule has 1 aromatic heterocycles. The van der Waals surface area contributed by atoms with Crippen LogP contribution in [0.15, 0.2) is 18.2 Å². The first-order chi connectivity index (χ1) is 8.25. The molecule has 0 aliphatic heterocycles. The summed E-state index contributed by atoms with van der Waals surface area (Å²) in [6.07, 6.45) is 4.80. The number of rotatable bonds is 1. The van der Waals surface area contributed by atoms with Crippen molar-refractivity contribution >= 4 is 33.2 Å². The zero-order valence-electron chi connectivity index (χ0n) is 9.53. The second kappa shape index (κ2) is 4.56. The summed E-state index contributed by atoms with van der Waals surface area (Å²) in [6, 6.07) is 6.17. The smallest absolute Gasteiger partial charge is 0.0985 e. The average Bonchev–Trinajstić information content (AvgIpc) is 2.75. The van der Waals surface area contributed by atoms with Crippen molar-refractivity contribution in [1.82, 2.24) is 4.98 Å². The van der Waals surface area contributed by atoms with Gasteiger partial charge in [-0.15, -0.1) is 11.3 Å². The number of halogens is 1. The Balaban J connectivity index is 2.02. The van der Waals surface area contributed by atoms with Gasteiger partial charge >= 0.3 is 0 Å². The number of hydrogen-bond acceptors (Lipinski definition) is 3. The third-order valence-corrected chi connectivity index (χ3v) is 5.18. The van der Waals surface area contributed by atoms with E-state index in [9.17, 15) is 0 Å². The molecule has 1 heterocycles. The Hall–Kier alpha value is -0.640. The standard InChI is InChI=1S/C13H15ClN2S/c14-9-5-3-7-11-12(9)17-13(16-11)8-4-1-2-6-10(8)15/h3,5,7-8,10H,1-2,4,6,15H2. The van der Waals surface area contributed by atoms with Crippen LogP contribution in [0, 0.1) is 0 Å². The number of benzene rings is 1. The maximum atomic E-state index is 6.20. The summed E-state index contributed by atoms with van der Waals surface area (Å²) in [5.74, 6) is 0.428. The van der Waals surface area contributed by atoms with Gasteiger partial charge in [-0.3, -0.25) is 0 Å². The molecule has 2 atom stereocenters. The van der Waals surface area contributed by atoms with Crippen molar-refractivity contribution in [2.75, 3.05) is 0 Å². The molecule has 0 amide bonds. The van der Waals surface area contributed by atoms with Gasteiger partial charge in [0.1, 0.15) is 0 Å². The summed E-state index contributed by atoms with van der Waals surface area (Å²) in [5.41, 5.74) is 7.21. The van der Waals surface area contributed by atoms with Crippen molar-refractivity contribution in [1.29, 1.82) is 0 Å². The minimum Gasteiger partial charge on any atom is -0.327 e. The fourth-order valence-corrected chi connectivity index (χ4v) is 4.02. The molecule has 2 N–H and O–H groups in total. The van der Waals surface area contributed by atoms with Gasteiger partial charge in [-0.05, 0) is 25.0 Å². The average molecular weight is 267 g/mol. The highest BCUT2D eigenvalue weighted by atomic mass is 35.5. The number of aromatic nitrogens is 1. The Morgan fingerprint density at radius 1 is 1.29 bits per heavy atom. The largest absolute Gasteiger partial charge is 0.327 e. The minimum atomic E-state index is 0.267. The van der Waals surface area contributed by atoms with Gasteiger partial charge in [0.25, 0.3) is 0 Å². The summed E-state index contributed by atoms with van der Waals surface area (Å²) < 4.78 is 1.10. The second-order valence-electron chi connectivity index (χ2n) is 4.69. The lowest BCUT2D eigenvalue weighted by Gasteiger charge is -2.26. The molecule has 2 unspecified atom stereocenters. The van der Waals surface area contributed by atoms with Crippen LogP contribution in [-0.4, -0.2) is 11.0 Å². The number of hydrogen-bond donors (Lipinski definition) is 1. The third kappa shape index (κ3) is 2.07. The molecule has 0 spiro atoms. The molecular formula is C13H15ClN2S. The van der Waals surface area contributed by atoms with Gasteiger partial charge in [0.05, 0.1) is 20.2 Å². The van der Waals surface area contributed by atoms with Crippen molar-refractivity contribution < 1.29 is 0 Å². The Morgan fingerprint density at radius 2 is 2.12 bits per heavy atom. The van der Waals surface area contributed by atoms with Crippen LogP contribution in [0.1, 0.15) is 36.6 Å². The zero-order valence-corrected chi connectivity index (χ0v) is 11.1. The molecule has 1 fully saturated rings. The third-order valence-electron chi connectivity index (χ3n) is 3.52. The first-order valence-corrected chi connectivity index (χ1v) is 7.25. The van der Waals surface area contributed by atoms with E-state index in [2.05, 4.69) is 0 Å². The van der Waals surface area contributed by atoms with Crippen molar-refractivity contribution in [3.8, 4) is 0 Å². The zero-order chi connectivity index (χ0) is 11.8. The van der Waals surface area contributed by atoms with Gasteiger partial charge in [-0.2, -0.15) is 0 Å². The van der Waals surface area contributed by atoms with Crippen LogP contribution in [0.3, 0.4) is 0 Å². The lowest BCUT2D eigenvalue weighted by Crippen LogP contribution is -2.31. The van der Waals surface area contributed by atoms with Gasteiger partial charge in [0, 0.05) is 12.0 Å². The molecule has 0 saturated heterocycles. The first-order valence-electron chi connectivity index (χ1n) is 6.06. The van der Waals surface area contributed by atoms with Crippen molar-refractivity contribution in [2.24, 2.45) is 5.73 Å². The molecular weight excluding hydrogens is 252 g/mol. The topological polar surface area (TPSA) is 38.9 Å². The quantitative estimate of drug-likeness (QED) is 0.849. The number of thiazole rings is 1. The van der Waals surface area contributed by atoms with Crippen molar-refractivity contribution in [2.45, 2.75) is 37.6 Å². The highest BCUT2D eigenvalue weighted by Gasteiger charge is 2.26. The van der Waals surface area contributed by atoms with Gasteiger partial charge in [0.2, 0.25) is 0 Å². The highest BCUT2D eigenvalue weighted by Crippen LogP contribution is 2.38. The molecule has 1 aromatic carbocycles. The number of nitrogens with zero attached hydrogens (tertiary/aromatic N) is 1. The van der Waals surface area contributed by atoms with E-state index in [-0.39, 0.29) is 6.04 Å². The molecule has 17 heavy (non-hydrogen) atoms. The van der Waals surface area contributed by atoms with E-state index < -0.39 is 0 Å². The fourth-order valence-electron chi connectivity index (χ4n) is 2.56. The van der Waals surface area contributed by atoms with Crippen LogP contribution in [-0.2, 0) is 0 Å². The lowest BCUT2D eigenvalue weighted by molar-refractivity contribution is 0.385. The Labute approximate surface area is 110 Å². The first kappa shape index (κ1) is 11.5. The highest BCUT2D eigenvalue weighted by molar-refractivity contribution is 7.19. The maximum absolute atomic E-state index is 6.20. The van der Waals surface area contributed by atoms with E-state index in [1.807, 2.05) is 18.2 Å². The van der Waals surface area contributed by atoms with E-state index in [4.69, 9.17) is 22.3 Å². The predicted octanol–water partition coefficient (Wildman–Crippen LogP) is 3.93. The molecule has 1 saturated carbocycles. The number of nitrogens with two attached hydrogens (primary N) is 1. The Morgan fingerprint density at radius 3 is 2.88 bits per heavy atom. The Kier molecular flexibility index (Phi) is 3.07. The minimum absolute atomic E-state index is 0.267. The van der Waals surface area contributed by atoms with E-state index >= 15 is 0 Å². The molecule has 4 heteroatoms. The van der Waals surface area contributed by atoms with Crippen LogP contribution in [0.4, 0.5) is 0 Å². The van der Waals surface area contributed by atoms with Crippen molar-refractivity contribution in [3.05, 3.63) is 28.2 Å². The normalized spacial score (nSPS) is 25.3.